The maximum absolute atomic E-state index is 14.6. The topological polar surface area (TPSA) is 88.5 Å². The normalized spacial score (nSPS) is 12.4. The van der Waals surface area contributed by atoms with Crippen LogP contribution in [0.5, 0.6) is 0 Å². The number of hydrogen-bond acceptors (Lipinski definition) is 5. The fraction of sp³-hybridized carbons (Fsp3) is 0.0909. The van der Waals surface area contributed by atoms with Gasteiger partial charge >= 0.3 is 0 Å². The van der Waals surface area contributed by atoms with Crippen LogP contribution in [-0.2, 0) is 0 Å². The lowest BCUT2D eigenvalue weighted by Crippen LogP contribution is -2.26. The Morgan fingerprint density at radius 1 is 1.13 bits per heavy atom. The van der Waals surface area contributed by atoms with Crippen molar-refractivity contribution < 1.29 is 4.39 Å². The summed E-state index contributed by atoms with van der Waals surface area (Å²) >= 11 is 6.41. The summed E-state index contributed by atoms with van der Waals surface area (Å²) < 4.78 is 16.0. The summed E-state index contributed by atoms with van der Waals surface area (Å²) in [6, 6.07) is 12.9. The van der Waals surface area contributed by atoms with Crippen LogP contribution in [0.3, 0.4) is 0 Å². The van der Waals surface area contributed by atoms with Gasteiger partial charge in [0.05, 0.1) is 28.5 Å². The minimum atomic E-state index is -0.578. The Kier molecular flexibility index (Phi) is 4.63. The molecule has 0 aliphatic carbocycles. The molecule has 3 heterocycles. The van der Waals surface area contributed by atoms with Crippen molar-refractivity contribution in [2.45, 2.75) is 13.0 Å². The number of nitrogens with zero attached hydrogens (tertiary/aromatic N) is 4. The van der Waals surface area contributed by atoms with E-state index in [1.807, 2.05) is 6.92 Å². The molecule has 0 unspecified atom stereocenters. The van der Waals surface area contributed by atoms with Gasteiger partial charge in [-0.3, -0.25) is 9.36 Å². The lowest BCUT2D eigenvalue weighted by atomic mass is 10.1. The molecular weight excluding hydrogens is 419 g/mol. The highest BCUT2D eigenvalue weighted by molar-refractivity contribution is 6.32. The Bertz CT molecular complexity index is 1490. The van der Waals surface area contributed by atoms with Crippen molar-refractivity contribution in [2.75, 3.05) is 5.32 Å². The SMILES string of the molecule is C[C@@H](Nc1ncnc2nc[nH]c12)c1cc2cccc(F)c2c(=O)n1-c1ccccc1Cl. The minimum absolute atomic E-state index is 0.0105. The predicted octanol–water partition coefficient (Wildman–Crippen LogP) is 4.62. The Morgan fingerprint density at radius 2 is 1.97 bits per heavy atom. The number of rotatable bonds is 4. The second-order valence-electron chi connectivity index (χ2n) is 7.05. The molecule has 5 aromatic rings. The van der Waals surface area contributed by atoms with Crippen LogP contribution in [0.15, 0.2) is 66.0 Å². The van der Waals surface area contributed by atoms with E-state index in [1.165, 1.54) is 23.3 Å². The van der Waals surface area contributed by atoms with Gasteiger partial charge in [0.15, 0.2) is 11.5 Å². The summed E-state index contributed by atoms with van der Waals surface area (Å²) in [5.74, 6) is -0.0436. The average Bonchev–Trinajstić information content (AvgIpc) is 3.24. The van der Waals surface area contributed by atoms with Gasteiger partial charge in [-0.1, -0.05) is 35.9 Å². The van der Waals surface area contributed by atoms with Gasteiger partial charge in [0.1, 0.15) is 17.7 Å². The van der Waals surface area contributed by atoms with Crippen LogP contribution in [0.2, 0.25) is 5.02 Å². The van der Waals surface area contributed by atoms with E-state index in [1.54, 1.807) is 42.5 Å². The molecule has 0 saturated carbocycles. The van der Waals surface area contributed by atoms with E-state index >= 15 is 0 Å². The third-order valence-electron chi connectivity index (χ3n) is 5.14. The van der Waals surface area contributed by atoms with Crippen LogP contribution in [0.25, 0.3) is 27.6 Å². The zero-order valence-corrected chi connectivity index (χ0v) is 17.1. The van der Waals surface area contributed by atoms with E-state index in [0.717, 1.165) is 0 Å². The molecule has 0 aliphatic heterocycles. The molecule has 154 valence electrons. The quantitative estimate of drug-likeness (QED) is 0.431. The molecule has 7 nitrogen and oxygen atoms in total. The van der Waals surface area contributed by atoms with Crippen molar-refractivity contribution in [1.82, 2.24) is 24.5 Å². The van der Waals surface area contributed by atoms with E-state index in [9.17, 15) is 9.18 Å². The van der Waals surface area contributed by atoms with Crippen molar-refractivity contribution in [3.63, 3.8) is 0 Å². The van der Waals surface area contributed by atoms with Crippen LogP contribution < -0.4 is 10.9 Å². The number of nitrogens with one attached hydrogen (secondary N) is 2. The average molecular weight is 435 g/mol. The van der Waals surface area contributed by atoms with Gasteiger partial charge in [0, 0.05) is 5.69 Å². The van der Waals surface area contributed by atoms with Crippen LogP contribution in [0.1, 0.15) is 18.7 Å². The molecule has 2 N–H and O–H groups in total. The summed E-state index contributed by atoms with van der Waals surface area (Å²) in [5.41, 5.74) is 1.75. The number of H-pyrrole nitrogens is 1. The van der Waals surface area contributed by atoms with Crippen LogP contribution in [0.4, 0.5) is 10.2 Å². The molecule has 0 aliphatic rings. The molecule has 31 heavy (non-hydrogen) atoms. The molecule has 1 atom stereocenters. The zero-order valence-electron chi connectivity index (χ0n) is 16.3. The number of aromatic nitrogens is 5. The number of para-hydroxylation sites is 1. The standard InChI is InChI=1S/C22H16ClFN6O/c1-12(29-21-19-20(26-10-25-19)27-11-28-21)17-9-13-5-4-7-15(24)18(13)22(31)30(17)16-8-3-2-6-14(16)23/h2-12H,1H3,(H2,25,26,27,28,29)/t12-/m1/s1. The molecule has 9 heteroatoms. The Morgan fingerprint density at radius 3 is 2.81 bits per heavy atom. The highest BCUT2D eigenvalue weighted by atomic mass is 35.5. The highest BCUT2D eigenvalue weighted by Gasteiger charge is 2.20. The number of aromatic amines is 1. The molecule has 3 aromatic heterocycles. The second-order valence-corrected chi connectivity index (χ2v) is 7.46. The van der Waals surface area contributed by atoms with Gasteiger partial charge in [0.2, 0.25) is 0 Å². The number of fused-ring (bicyclic) bond motifs is 2. The molecule has 0 fully saturated rings. The molecule has 0 bridgehead atoms. The summed E-state index contributed by atoms with van der Waals surface area (Å²) in [7, 11) is 0. The molecule has 0 spiro atoms. The van der Waals surface area contributed by atoms with Crippen LogP contribution >= 0.6 is 11.6 Å². The summed E-state index contributed by atoms with van der Waals surface area (Å²) in [4.78, 5) is 29.0. The number of benzene rings is 2. The lowest BCUT2D eigenvalue weighted by molar-refractivity contribution is 0.637. The zero-order chi connectivity index (χ0) is 21.5. The maximum atomic E-state index is 14.6. The Labute approximate surface area is 180 Å². The predicted molar refractivity (Wildman–Crippen MR) is 118 cm³/mol. The largest absolute Gasteiger partial charge is 0.360 e. The van der Waals surface area contributed by atoms with Gasteiger partial charge in [-0.15, -0.1) is 0 Å². The second kappa shape index (κ2) is 7.48. The Balaban J connectivity index is 1.74. The van der Waals surface area contributed by atoms with E-state index in [4.69, 9.17) is 11.6 Å². The Hall–Kier alpha value is -3.78. The summed E-state index contributed by atoms with van der Waals surface area (Å²) in [6.45, 7) is 1.89. The first-order valence-electron chi connectivity index (χ1n) is 9.54. The first kappa shape index (κ1) is 19.2. The number of anilines is 1. The van der Waals surface area contributed by atoms with Crippen LogP contribution in [0, 0.1) is 5.82 Å². The van der Waals surface area contributed by atoms with Crippen molar-refractivity contribution in [3.8, 4) is 5.69 Å². The smallest absolute Gasteiger partial charge is 0.266 e. The molecule has 0 radical (unpaired) electrons. The van der Waals surface area contributed by atoms with E-state index in [-0.39, 0.29) is 5.39 Å². The van der Waals surface area contributed by atoms with E-state index in [0.29, 0.717) is 38.8 Å². The third-order valence-corrected chi connectivity index (χ3v) is 5.46. The fourth-order valence-electron chi connectivity index (χ4n) is 3.69. The van der Waals surface area contributed by atoms with Crippen LogP contribution in [-0.4, -0.2) is 24.5 Å². The van der Waals surface area contributed by atoms with Crippen molar-refractivity contribution in [3.05, 3.63) is 88.1 Å². The molecule has 0 amide bonds. The molecular formula is C22H16ClFN6O. The first-order valence-corrected chi connectivity index (χ1v) is 9.92. The van der Waals surface area contributed by atoms with Gasteiger partial charge < -0.3 is 10.3 Å². The van der Waals surface area contributed by atoms with Gasteiger partial charge in [-0.05, 0) is 36.6 Å². The lowest BCUT2D eigenvalue weighted by Gasteiger charge is -2.22. The fourth-order valence-corrected chi connectivity index (χ4v) is 3.91. The number of pyridine rings is 1. The third kappa shape index (κ3) is 3.21. The molecule has 5 rings (SSSR count). The number of halogens is 2. The van der Waals surface area contributed by atoms with E-state index in [2.05, 4.69) is 25.3 Å². The maximum Gasteiger partial charge on any atom is 0.266 e. The van der Waals surface area contributed by atoms with Gasteiger partial charge in [0.25, 0.3) is 5.56 Å². The van der Waals surface area contributed by atoms with Gasteiger partial charge in [-0.2, -0.15) is 0 Å². The first-order chi connectivity index (χ1) is 15.0. The summed E-state index contributed by atoms with van der Waals surface area (Å²) in [6.07, 6.45) is 2.95. The molecule has 0 saturated heterocycles. The van der Waals surface area contributed by atoms with Crippen molar-refractivity contribution in [1.29, 1.82) is 0 Å². The van der Waals surface area contributed by atoms with E-state index < -0.39 is 17.4 Å². The number of hydrogen-bond donors (Lipinski definition) is 2. The van der Waals surface area contributed by atoms with Gasteiger partial charge in [-0.25, -0.2) is 19.3 Å². The number of imidazole rings is 1. The van der Waals surface area contributed by atoms with Crippen molar-refractivity contribution in [2.24, 2.45) is 0 Å². The molecule has 2 aromatic carbocycles. The van der Waals surface area contributed by atoms with Crippen molar-refractivity contribution >= 4 is 39.4 Å². The minimum Gasteiger partial charge on any atom is -0.360 e. The monoisotopic (exact) mass is 434 g/mol. The summed E-state index contributed by atoms with van der Waals surface area (Å²) in [5, 5.41) is 4.20. The highest BCUT2D eigenvalue weighted by Crippen LogP contribution is 2.28.